The number of aromatic nitrogens is 2. The minimum Gasteiger partial charge on any atom is -0.313 e. The van der Waals surface area contributed by atoms with Gasteiger partial charge in [-0.25, -0.2) is 8.42 Å². The fourth-order valence-electron chi connectivity index (χ4n) is 3.06. The number of sulfonamides is 1. The first-order chi connectivity index (χ1) is 13.5. The zero-order chi connectivity index (χ0) is 19.7. The summed E-state index contributed by atoms with van der Waals surface area (Å²) >= 11 is 0. The Morgan fingerprint density at radius 1 is 1.00 bits per heavy atom. The Bertz CT molecular complexity index is 1260. The number of carbonyl (C=O) groups is 1. The van der Waals surface area contributed by atoms with Crippen LogP contribution in [0.2, 0.25) is 0 Å². The van der Waals surface area contributed by atoms with Crippen LogP contribution in [0.4, 0.5) is 5.69 Å². The van der Waals surface area contributed by atoms with Gasteiger partial charge in [0.25, 0.3) is 10.0 Å². The van der Waals surface area contributed by atoms with Crippen LogP contribution in [0.1, 0.15) is 17.4 Å². The molecule has 140 valence electrons. The van der Waals surface area contributed by atoms with Crippen molar-refractivity contribution < 1.29 is 13.2 Å². The van der Waals surface area contributed by atoms with Crippen LogP contribution >= 0.6 is 0 Å². The van der Waals surface area contributed by atoms with Crippen molar-refractivity contribution in [2.75, 3.05) is 4.72 Å². The van der Waals surface area contributed by atoms with E-state index in [4.69, 9.17) is 0 Å². The van der Waals surface area contributed by atoms with Crippen LogP contribution in [0.25, 0.3) is 16.8 Å². The Morgan fingerprint density at radius 2 is 1.75 bits per heavy atom. The van der Waals surface area contributed by atoms with Crippen LogP contribution < -0.4 is 4.72 Å². The number of rotatable bonds is 5. The normalized spacial score (nSPS) is 11.5. The van der Waals surface area contributed by atoms with Crippen molar-refractivity contribution >= 4 is 27.0 Å². The van der Waals surface area contributed by atoms with E-state index in [1.54, 1.807) is 59.3 Å². The maximum absolute atomic E-state index is 12.8. The van der Waals surface area contributed by atoms with Gasteiger partial charge in [0, 0.05) is 30.6 Å². The Balaban J connectivity index is 1.87. The van der Waals surface area contributed by atoms with Crippen molar-refractivity contribution in [3.63, 3.8) is 0 Å². The van der Waals surface area contributed by atoms with E-state index >= 15 is 0 Å². The lowest BCUT2D eigenvalue weighted by atomic mass is 10.1. The second kappa shape index (κ2) is 6.94. The smallest absolute Gasteiger partial charge is 0.262 e. The summed E-state index contributed by atoms with van der Waals surface area (Å²) in [6.45, 7) is 1.48. The number of para-hydroxylation sites is 1. The number of anilines is 1. The van der Waals surface area contributed by atoms with Crippen molar-refractivity contribution in [2.24, 2.45) is 0 Å². The van der Waals surface area contributed by atoms with Crippen molar-refractivity contribution in [3.8, 4) is 11.3 Å². The Morgan fingerprint density at radius 3 is 2.43 bits per heavy atom. The highest BCUT2D eigenvalue weighted by molar-refractivity contribution is 7.92. The molecule has 3 aromatic heterocycles. The third-order valence-electron chi connectivity index (χ3n) is 4.38. The van der Waals surface area contributed by atoms with Gasteiger partial charge in [-0.3, -0.25) is 14.5 Å². The highest BCUT2D eigenvalue weighted by atomic mass is 32.2. The fourth-order valence-corrected chi connectivity index (χ4v) is 4.14. The molecule has 0 amide bonds. The standard InChI is InChI=1S/C21H17N3O3S/c1-15(25)20-14-18(19-9-5-6-11-22-19)21-13-17(10-12-24(20)21)28(26,27)23-16-7-3-2-4-8-16/h2-14,23H,1H3. The van der Waals surface area contributed by atoms with E-state index in [0.29, 0.717) is 28.2 Å². The molecule has 0 bridgehead atoms. The first-order valence-electron chi connectivity index (χ1n) is 8.61. The molecule has 3 heterocycles. The molecule has 0 fully saturated rings. The number of hydrogen-bond acceptors (Lipinski definition) is 4. The van der Waals surface area contributed by atoms with E-state index in [9.17, 15) is 13.2 Å². The topological polar surface area (TPSA) is 80.5 Å². The molecule has 4 rings (SSSR count). The predicted molar refractivity (Wildman–Crippen MR) is 108 cm³/mol. The summed E-state index contributed by atoms with van der Waals surface area (Å²) in [6.07, 6.45) is 3.25. The highest BCUT2D eigenvalue weighted by Gasteiger charge is 2.19. The summed E-state index contributed by atoms with van der Waals surface area (Å²) < 4.78 is 29.9. The monoisotopic (exact) mass is 391 g/mol. The molecule has 1 N–H and O–H groups in total. The zero-order valence-electron chi connectivity index (χ0n) is 15.0. The molecule has 0 spiro atoms. The SMILES string of the molecule is CC(=O)c1cc(-c2ccccn2)c2cc(S(=O)(=O)Nc3ccccc3)ccn12. The molecule has 7 heteroatoms. The zero-order valence-corrected chi connectivity index (χ0v) is 15.8. The molecule has 28 heavy (non-hydrogen) atoms. The second-order valence-corrected chi connectivity index (χ2v) is 7.99. The van der Waals surface area contributed by atoms with E-state index in [0.717, 1.165) is 0 Å². The van der Waals surface area contributed by atoms with Gasteiger partial charge in [-0.15, -0.1) is 0 Å². The molecule has 0 aliphatic rings. The first-order valence-corrected chi connectivity index (χ1v) is 10.1. The summed E-state index contributed by atoms with van der Waals surface area (Å²) in [5.74, 6) is -0.116. The van der Waals surface area contributed by atoms with E-state index in [1.807, 2.05) is 18.2 Å². The molecule has 0 saturated carbocycles. The number of fused-ring (bicyclic) bond motifs is 1. The molecule has 1 aromatic carbocycles. The van der Waals surface area contributed by atoms with Gasteiger partial charge in [-0.2, -0.15) is 0 Å². The van der Waals surface area contributed by atoms with Crippen LogP contribution in [0.3, 0.4) is 0 Å². The fraction of sp³-hybridized carbons (Fsp3) is 0.0476. The van der Waals surface area contributed by atoms with Crippen molar-refractivity contribution in [1.82, 2.24) is 9.38 Å². The molecular formula is C21H17N3O3S. The number of carbonyl (C=O) groups excluding carboxylic acids is 1. The van der Waals surface area contributed by atoms with Crippen LogP contribution in [0.5, 0.6) is 0 Å². The minimum atomic E-state index is -3.78. The Hall–Kier alpha value is -3.45. The lowest BCUT2D eigenvalue weighted by Crippen LogP contribution is -2.13. The lowest BCUT2D eigenvalue weighted by molar-refractivity contribution is 0.101. The van der Waals surface area contributed by atoms with E-state index in [2.05, 4.69) is 9.71 Å². The van der Waals surface area contributed by atoms with Crippen LogP contribution in [0.15, 0.2) is 84.0 Å². The Kier molecular flexibility index (Phi) is 4.44. The Labute approximate surface area is 162 Å². The average molecular weight is 391 g/mol. The second-order valence-electron chi connectivity index (χ2n) is 6.30. The largest absolute Gasteiger partial charge is 0.313 e. The van der Waals surface area contributed by atoms with Gasteiger partial charge in [0.2, 0.25) is 0 Å². The maximum atomic E-state index is 12.8. The molecule has 0 atom stereocenters. The number of Topliss-reactive ketones (excluding diaryl/α,β-unsaturated/α-hetero) is 1. The van der Waals surface area contributed by atoms with Gasteiger partial charge in [0.1, 0.15) is 0 Å². The molecule has 0 aliphatic heterocycles. The first kappa shape index (κ1) is 17.9. The molecule has 6 nitrogen and oxygen atoms in total. The third kappa shape index (κ3) is 3.27. The lowest BCUT2D eigenvalue weighted by Gasteiger charge is -2.09. The van der Waals surface area contributed by atoms with Crippen LogP contribution in [-0.4, -0.2) is 23.6 Å². The number of hydrogen-bond donors (Lipinski definition) is 1. The average Bonchev–Trinajstić information content (AvgIpc) is 3.08. The summed E-state index contributed by atoms with van der Waals surface area (Å²) in [5.41, 5.74) is 2.91. The van der Waals surface area contributed by atoms with Gasteiger partial charge in [-0.1, -0.05) is 24.3 Å². The summed E-state index contributed by atoms with van der Waals surface area (Å²) in [5, 5.41) is 0. The molecule has 0 aliphatic carbocycles. The van der Waals surface area contributed by atoms with Crippen molar-refractivity contribution in [1.29, 1.82) is 0 Å². The van der Waals surface area contributed by atoms with E-state index in [-0.39, 0.29) is 10.7 Å². The quantitative estimate of drug-likeness (QED) is 0.521. The van der Waals surface area contributed by atoms with Gasteiger partial charge >= 0.3 is 0 Å². The van der Waals surface area contributed by atoms with E-state index < -0.39 is 10.0 Å². The molecule has 0 radical (unpaired) electrons. The van der Waals surface area contributed by atoms with Gasteiger partial charge in [-0.05, 0) is 42.5 Å². The van der Waals surface area contributed by atoms with Crippen molar-refractivity contribution in [3.05, 3.63) is 84.8 Å². The van der Waals surface area contributed by atoms with Crippen molar-refractivity contribution in [2.45, 2.75) is 11.8 Å². The number of ketones is 1. The van der Waals surface area contributed by atoms with Gasteiger partial charge in [0.15, 0.2) is 5.78 Å². The maximum Gasteiger partial charge on any atom is 0.262 e. The highest BCUT2D eigenvalue weighted by Crippen LogP contribution is 2.29. The number of nitrogens with one attached hydrogen (secondary N) is 1. The summed E-state index contributed by atoms with van der Waals surface area (Å²) in [7, 11) is -3.78. The number of nitrogens with zero attached hydrogens (tertiary/aromatic N) is 2. The summed E-state index contributed by atoms with van der Waals surface area (Å²) in [6, 6.07) is 18.9. The van der Waals surface area contributed by atoms with Crippen LogP contribution in [0, 0.1) is 0 Å². The minimum absolute atomic E-state index is 0.106. The molecule has 4 aromatic rings. The number of pyridine rings is 2. The van der Waals surface area contributed by atoms with Gasteiger partial charge in [0.05, 0.1) is 21.8 Å². The summed E-state index contributed by atoms with van der Waals surface area (Å²) in [4.78, 5) is 16.5. The van der Waals surface area contributed by atoms with Gasteiger partial charge < -0.3 is 4.40 Å². The predicted octanol–water partition coefficient (Wildman–Crippen LogP) is 4.00. The number of benzene rings is 1. The third-order valence-corrected chi connectivity index (χ3v) is 5.76. The molecular weight excluding hydrogens is 374 g/mol. The molecule has 0 saturated heterocycles. The van der Waals surface area contributed by atoms with E-state index in [1.165, 1.54) is 13.0 Å². The molecule has 0 unspecified atom stereocenters. The van der Waals surface area contributed by atoms with Crippen LogP contribution in [-0.2, 0) is 10.0 Å².